The van der Waals surface area contributed by atoms with Gasteiger partial charge in [-0.25, -0.2) is 4.39 Å². The summed E-state index contributed by atoms with van der Waals surface area (Å²) < 4.78 is 53.4. The highest BCUT2D eigenvalue weighted by atomic mass is 19.4. The Morgan fingerprint density at radius 3 is 2.60 bits per heavy atom. The molecule has 7 heteroatoms. The average Bonchev–Trinajstić information content (AvgIpc) is 2.37. The molecule has 1 aromatic heterocycles. The molecular weight excluding hydrogens is 278 g/mol. The Kier molecular flexibility index (Phi) is 3.89. The van der Waals surface area contributed by atoms with Crippen LogP contribution in [0.3, 0.4) is 0 Å². The van der Waals surface area contributed by atoms with Crippen LogP contribution in [0.25, 0.3) is 11.1 Å². The van der Waals surface area contributed by atoms with Gasteiger partial charge in [0.2, 0.25) is 0 Å². The number of aliphatic hydroxyl groups is 1. The predicted molar refractivity (Wildman–Crippen MR) is 62.2 cm³/mol. The van der Waals surface area contributed by atoms with Gasteiger partial charge in [-0.1, -0.05) is 12.1 Å². The zero-order chi connectivity index (χ0) is 14.8. The molecule has 0 aliphatic rings. The Bertz CT molecular complexity index is 614. The number of ether oxygens (including phenoxy) is 1. The normalized spacial score (nSPS) is 11.4. The van der Waals surface area contributed by atoms with E-state index in [4.69, 9.17) is 5.11 Å². The van der Waals surface area contributed by atoms with Crippen LogP contribution in [0.5, 0.6) is 5.75 Å². The quantitative estimate of drug-likeness (QED) is 0.881. The first-order valence-corrected chi connectivity index (χ1v) is 5.50. The van der Waals surface area contributed by atoms with Gasteiger partial charge in [-0.3, -0.25) is 4.98 Å². The Morgan fingerprint density at radius 2 is 1.95 bits per heavy atom. The number of rotatable bonds is 3. The number of pyridine rings is 1. The van der Waals surface area contributed by atoms with Crippen molar-refractivity contribution >= 4 is 0 Å². The zero-order valence-corrected chi connectivity index (χ0v) is 9.99. The van der Waals surface area contributed by atoms with Crippen molar-refractivity contribution in [1.82, 2.24) is 4.98 Å². The summed E-state index contributed by atoms with van der Waals surface area (Å²) in [6, 6.07) is 6.12. The maximum absolute atomic E-state index is 13.2. The van der Waals surface area contributed by atoms with E-state index in [0.29, 0.717) is 0 Å². The molecule has 0 atom stereocenters. The maximum Gasteiger partial charge on any atom is 0.573 e. The molecule has 0 bridgehead atoms. The molecular formula is C13H9F4NO2. The topological polar surface area (TPSA) is 42.4 Å². The molecule has 1 heterocycles. The van der Waals surface area contributed by atoms with Crippen LogP contribution >= 0.6 is 0 Å². The molecule has 1 N–H and O–H groups in total. The van der Waals surface area contributed by atoms with Gasteiger partial charge in [0.1, 0.15) is 11.6 Å². The van der Waals surface area contributed by atoms with Crippen LogP contribution < -0.4 is 4.74 Å². The summed E-state index contributed by atoms with van der Waals surface area (Å²) in [5.41, 5.74) is 0.637. The molecule has 0 saturated carbocycles. The summed E-state index contributed by atoms with van der Waals surface area (Å²) in [6.45, 7) is -0.458. The largest absolute Gasteiger partial charge is 0.573 e. The summed E-state index contributed by atoms with van der Waals surface area (Å²) in [5, 5.41) is 9.13. The smallest absolute Gasteiger partial charge is 0.406 e. The molecule has 2 rings (SSSR count). The lowest BCUT2D eigenvalue weighted by atomic mass is 10.0. The van der Waals surface area contributed by atoms with Crippen LogP contribution in [-0.4, -0.2) is 16.5 Å². The van der Waals surface area contributed by atoms with Crippen LogP contribution in [0.1, 0.15) is 5.69 Å². The number of benzene rings is 1. The standard InChI is InChI=1S/C13H9F4NO2/c14-9-5-11(12(7-19)18-6-9)8-2-1-3-10(4-8)20-13(15,16)17/h1-6,19H,7H2. The summed E-state index contributed by atoms with van der Waals surface area (Å²) in [6.07, 6.45) is -3.89. The lowest BCUT2D eigenvalue weighted by Gasteiger charge is -2.11. The third-order valence-electron chi connectivity index (χ3n) is 2.47. The monoisotopic (exact) mass is 287 g/mol. The summed E-state index contributed by atoms with van der Waals surface area (Å²) >= 11 is 0. The van der Waals surface area contributed by atoms with Gasteiger partial charge in [-0.2, -0.15) is 0 Å². The van der Waals surface area contributed by atoms with Crippen molar-refractivity contribution in [2.75, 3.05) is 0 Å². The summed E-state index contributed by atoms with van der Waals surface area (Å²) in [5.74, 6) is -1.08. The SMILES string of the molecule is OCc1ncc(F)cc1-c1cccc(OC(F)(F)F)c1. The van der Waals surface area contributed by atoms with Gasteiger partial charge in [0.25, 0.3) is 0 Å². The molecule has 20 heavy (non-hydrogen) atoms. The summed E-state index contributed by atoms with van der Waals surface area (Å²) in [7, 11) is 0. The fourth-order valence-electron chi connectivity index (χ4n) is 1.70. The fraction of sp³-hybridized carbons (Fsp3) is 0.154. The van der Waals surface area contributed by atoms with Gasteiger partial charge >= 0.3 is 6.36 Å². The van der Waals surface area contributed by atoms with Crippen molar-refractivity contribution in [2.45, 2.75) is 13.0 Å². The van der Waals surface area contributed by atoms with Gasteiger partial charge in [-0.15, -0.1) is 13.2 Å². The number of alkyl halides is 3. The van der Waals surface area contributed by atoms with Crippen molar-refractivity contribution in [1.29, 1.82) is 0 Å². The van der Waals surface area contributed by atoms with E-state index in [9.17, 15) is 17.6 Å². The Labute approximate surface area is 111 Å². The first-order chi connectivity index (χ1) is 9.39. The highest BCUT2D eigenvalue weighted by Gasteiger charge is 2.31. The Hall–Kier alpha value is -2.15. The van der Waals surface area contributed by atoms with E-state index >= 15 is 0 Å². The van der Waals surface area contributed by atoms with E-state index in [1.54, 1.807) is 0 Å². The highest BCUT2D eigenvalue weighted by Crippen LogP contribution is 2.29. The van der Waals surface area contributed by atoms with E-state index in [-0.39, 0.29) is 16.8 Å². The predicted octanol–water partition coefficient (Wildman–Crippen LogP) is 3.28. The van der Waals surface area contributed by atoms with E-state index in [0.717, 1.165) is 24.4 Å². The Morgan fingerprint density at radius 1 is 1.20 bits per heavy atom. The number of aliphatic hydroxyl groups excluding tert-OH is 1. The van der Waals surface area contributed by atoms with Crippen molar-refractivity contribution in [3.05, 3.63) is 48.0 Å². The average molecular weight is 287 g/mol. The maximum atomic E-state index is 13.2. The molecule has 0 radical (unpaired) electrons. The first kappa shape index (κ1) is 14.3. The van der Waals surface area contributed by atoms with Gasteiger partial charge < -0.3 is 9.84 Å². The zero-order valence-electron chi connectivity index (χ0n) is 9.99. The van der Waals surface area contributed by atoms with Crippen molar-refractivity contribution < 1.29 is 27.4 Å². The van der Waals surface area contributed by atoms with E-state index < -0.39 is 24.5 Å². The molecule has 0 saturated heterocycles. The molecule has 1 aromatic carbocycles. The van der Waals surface area contributed by atoms with Crippen LogP contribution in [0.2, 0.25) is 0 Å². The number of hydrogen-bond donors (Lipinski definition) is 1. The van der Waals surface area contributed by atoms with Crippen LogP contribution in [-0.2, 0) is 6.61 Å². The molecule has 3 nitrogen and oxygen atoms in total. The van der Waals surface area contributed by atoms with Gasteiger partial charge in [0.05, 0.1) is 18.5 Å². The molecule has 0 fully saturated rings. The van der Waals surface area contributed by atoms with Crippen LogP contribution in [0.4, 0.5) is 17.6 Å². The first-order valence-electron chi connectivity index (χ1n) is 5.50. The third-order valence-corrected chi connectivity index (χ3v) is 2.47. The summed E-state index contributed by atoms with van der Waals surface area (Å²) in [4.78, 5) is 3.69. The number of halogens is 4. The lowest BCUT2D eigenvalue weighted by Crippen LogP contribution is -2.17. The lowest BCUT2D eigenvalue weighted by molar-refractivity contribution is -0.274. The van der Waals surface area contributed by atoms with Crippen LogP contribution in [0, 0.1) is 5.82 Å². The molecule has 106 valence electrons. The molecule has 2 aromatic rings. The van der Waals surface area contributed by atoms with E-state index in [1.165, 1.54) is 12.1 Å². The molecule has 0 amide bonds. The number of nitrogens with zero attached hydrogens (tertiary/aromatic N) is 1. The second kappa shape index (κ2) is 5.46. The Balaban J connectivity index is 2.43. The second-order valence-corrected chi connectivity index (χ2v) is 3.88. The van der Waals surface area contributed by atoms with Crippen molar-refractivity contribution in [3.63, 3.8) is 0 Å². The van der Waals surface area contributed by atoms with E-state index in [1.807, 2.05) is 0 Å². The van der Waals surface area contributed by atoms with Crippen molar-refractivity contribution in [3.8, 4) is 16.9 Å². The van der Waals surface area contributed by atoms with Crippen molar-refractivity contribution in [2.24, 2.45) is 0 Å². The molecule has 0 unspecified atom stereocenters. The van der Waals surface area contributed by atoms with Crippen LogP contribution in [0.15, 0.2) is 36.5 Å². The fourth-order valence-corrected chi connectivity index (χ4v) is 1.70. The molecule has 0 aliphatic carbocycles. The minimum absolute atomic E-state index is 0.163. The number of aromatic nitrogens is 1. The highest BCUT2D eigenvalue weighted by molar-refractivity contribution is 5.67. The van der Waals surface area contributed by atoms with Gasteiger partial charge in [0.15, 0.2) is 0 Å². The number of hydrogen-bond acceptors (Lipinski definition) is 3. The van der Waals surface area contributed by atoms with E-state index in [2.05, 4.69) is 9.72 Å². The van der Waals surface area contributed by atoms with Gasteiger partial charge in [-0.05, 0) is 23.8 Å². The third kappa shape index (κ3) is 3.45. The molecule has 0 spiro atoms. The van der Waals surface area contributed by atoms with Gasteiger partial charge in [0, 0.05) is 5.56 Å². The second-order valence-electron chi connectivity index (χ2n) is 3.88. The minimum Gasteiger partial charge on any atom is -0.406 e. The molecule has 0 aliphatic heterocycles. The minimum atomic E-state index is -4.81.